The summed E-state index contributed by atoms with van der Waals surface area (Å²) in [7, 11) is -12.9. The second kappa shape index (κ2) is 13.9. The fourth-order valence-corrected chi connectivity index (χ4v) is 8.74. The van der Waals surface area contributed by atoms with E-state index >= 15 is 0 Å². The normalized spacial score (nSPS) is 12.9. The molecule has 1 heterocycles. The van der Waals surface area contributed by atoms with E-state index in [1.807, 2.05) is 0 Å². The minimum Gasteiger partial charge on any atom is -0.494 e. The first kappa shape index (κ1) is 38.4. The lowest BCUT2D eigenvalue weighted by Gasteiger charge is -2.23. The van der Waals surface area contributed by atoms with Crippen molar-refractivity contribution in [1.82, 2.24) is 0 Å². The van der Waals surface area contributed by atoms with Crippen molar-refractivity contribution in [2.24, 2.45) is 0 Å². The quantitative estimate of drug-likeness (QED) is 0.104. The zero-order valence-corrected chi connectivity index (χ0v) is 30.3. The van der Waals surface area contributed by atoms with E-state index in [0.717, 1.165) is 12.1 Å². The number of rotatable bonds is 12. The van der Waals surface area contributed by atoms with Gasteiger partial charge in [-0.2, -0.15) is 16.8 Å². The van der Waals surface area contributed by atoms with Crippen LogP contribution < -0.4 is 29.9 Å². The smallest absolute Gasteiger partial charge is 0.296 e. The Morgan fingerprint density at radius 1 is 0.642 bits per heavy atom. The molecule has 0 aliphatic carbocycles. The van der Waals surface area contributed by atoms with Crippen LogP contribution in [-0.4, -0.2) is 73.2 Å². The molecule has 4 aromatic carbocycles. The van der Waals surface area contributed by atoms with Gasteiger partial charge in [0.15, 0.2) is 0 Å². The summed E-state index contributed by atoms with van der Waals surface area (Å²) < 4.78 is 111. The van der Waals surface area contributed by atoms with Crippen molar-refractivity contribution in [3.63, 3.8) is 0 Å². The van der Waals surface area contributed by atoms with Crippen molar-refractivity contribution in [2.45, 2.75) is 33.4 Å². The summed E-state index contributed by atoms with van der Waals surface area (Å²) >= 11 is 0. The highest BCUT2D eigenvalue weighted by molar-refractivity contribution is 7.92. The summed E-state index contributed by atoms with van der Waals surface area (Å²) in [5, 5.41) is 5.01. The summed E-state index contributed by atoms with van der Waals surface area (Å²) in [6, 6.07) is 10.7. The van der Waals surface area contributed by atoms with Crippen molar-refractivity contribution in [2.75, 3.05) is 34.7 Å². The van der Waals surface area contributed by atoms with E-state index < -0.39 is 84.0 Å². The van der Waals surface area contributed by atoms with Crippen LogP contribution in [0.25, 0.3) is 11.1 Å². The summed E-state index contributed by atoms with van der Waals surface area (Å²) in [4.78, 5) is 46.3. The Balaban J connectivity index is 1.77. The molecule has 21 heteroatoms. The molecule has 0 saturated carbocycles. The minimum absolute atomic E-state index is 0.0896. The lowest BCUT2D eigenvalue weighted by atomic mass is 10.0. The van der Waals surface area contributed by atoms with Crippen LogP contribution in [-0.2, 0) is 49.3 Å². The summed E-state index contributed by atoms with van der Waals surface area (Å²) in [5.41, 5.74) is -2.07. The van der Waals surface area contributed by atoms with Gasteiger partial charge in [0.25, 0.3) is 20.2 Å². The van der Waals surface area contributed by atoms with E-state index in [-0.39, 0.29) is 47.1 Å². The average Bonchev–Trinajstić information content (AvgIpc) is 3.29. The third-order valence-corrected chi connectivity index (χ3v) is 11.4. The number of carbonyl (C=O) groups is 4. The Hall–Kier alpha value is -5.87. The van der Waals surface area contributed by atoms with E-state index in [9.17, 15) is 53.5 Å². The van der Waals surface area contributed by atoms with Crippen LogP contribution in [0.2, 0.25) is 0 Å². The third-order valence-electron chi connectivity index (χ3n) is 7.80. The maximum Gasteiger partial charge on any atom is 0.296 e. The molecule has 53 heavy (non-hydrogen) atoms. The lowest BCUT2D eigenvalue weighted by molar-refractivity contribution is -0.115. The maximum atomic E-state index is 14.2. The van der Waals surface area contributed by atoms with Gasteiger partial charge < -0.3 is 20.1 Å². The van der Waals surface area contributed by atoms with E-state index in [4.69, 9.17) is 9.47 Å². The van der Waals surface area contributed by atoms with Gasteiger partial charge in [0.1, 0.15) is 21.3 Å². The van der Waals surface area contributed by atoms with Crippen LogP contribution in [0.3, 0.4) is 0 Å². The van der Waals surface area contributed by atoms with Crippen molar-refractivity contribution in [3.8, 4) is 22.6 Å². The Morgan fingerprint density at radius 2 is 1.00 bits per heavy atom. The number of hydrogen-bond donors (Lipinski definition) is 4. The predicted molar refractivity (Wildman–Crippen MR) is 188 cm³/mol. The number of anilines is 6. The number of fused-ring (bicyclic) bond motifs is 3. The van der Waals surface area contributed by atoms with Crippen molar-refractivity contribution >= 4 is 88.8 Å². The number of sulfone groups is 1. The molecule has 1 aliphatic heterocycles. The molecule has 4 amide bonds. The predicted octanol–water partition coefficient (Wildman–Crippen LogP) is 3.52. The first-order valence-electron chi connectivity index (χ1n) is 14.7. The van der Waals surface area contributed by atoms with Gasteiger partial charge >= 0.3 is 0 Å². The zero-order valence-electron chi connectivity index (χ0n) is 27.8. The third kappa shape index (κ3) is 7.15. The van der Waals surface area contributed by atoms with E-state index in [1.165, 1.54) is 64.5 Å². The molecule has 4 N–H and O–H groups in total. The van der Waals surface area contributed by atoms with Gasteiger partial charge in [0, 0.05) is 48.5 Å². The highest BCUT2D eigenvalue weighted by atomic mass is 32.2. The Labute approximate surface area is 302 Å². The largest absolute Gasteiger partial charge is 0.494 e. The number of nitrogens with one attached hydrogen (secondary N) is 2. The molecule has 0 spiro atoms. The molecular weight excluding hydrogens is 761 g/mol. The van der Waals surface area contributed by atoms with E-state index in [1.54, 1.807) is 0 Å². The molecule has 0 unspecified atom stereocenters. The lowest BCUT2D eigenvalue weighted by Crippen LogP contribution is -2.19. The molecule has 0 saturated heterocycles. The summed E-state index contributed by atoms with van der Waals surface area (Å²) in [6.45, 7) is 2.47. The van der Waals surface area contributed by atoms with Crippen LogP contribution >= 0.6 is 0 Å². The number of carbonyl (C=O) groups excluding carboxylic acids is 4. The molecule has 18 nitrogen and oxygen atoms in total. The minimum atomic E-state index is -5.28. The molecule has 0 radical (unpaired) electrons. The van der Waals surface area contributed by atoms with Gasteiger partial charge in [-0.3, -0.25) is 38.1 Å². The fraction of sp³-hybridized carbons (Fsp3) is 0.125. The molecule has 1 aliphatic rings. The number of benzene rings is 4. The van der Waals surface area contributed by atoms with Crippen molar-refractivity contribution < 1.29 is 63.0 Å². The first-order chi connectivity index (χ1) is 24.8. The Bertz CT molecular complexity index is 2400. The summed E-state index contributed by atoms with van der Waals surface area (Å²) in [6.07, 6.45) is 0.226. The second-order valence-electron chi connectivity index (χ2n) is 11.2. The van der Waals surface area contributed by atoms with Gasteiger partial charge in [-0.1, -0.05) is 0 Å². The molecule has 0 bridgehead atoms. The Kier molecular flexibility index (Phi) is 10.1. The topological polar surface area (TPSA) is 260 Å². The SMILES string of the molecule is COc1cc(NC(C)=O)ccc1N(C=O)c1cc2c(cc1S(=O)(=O)O)-c1cc(S(=O)(=O)O)c(N(C=O)c3ccc(NC(C)=O)cc3OC)cc1S2(=O)=O. The number of nitrogens with zero attached hydrogens (tertiary/aromatic N) is 2. The van der Waals surface area contributed by atoms with Crippen LogP contribution in [0.5, 0.6) is 11.5 Å². The van der Waals surface area contributed by atoms with Gasteiger partial charge in [0.05, 0.1) is 46.8 Å². The first-order valence-corrected chi connectivity index (χ1v) is 19.1. The maximum absolute atomic E-state index is 14.2. The van der Waals surface area contributed by atoms with Crippen molar-refractivity contribution in [3.05, 3.63) is 60.7 Å². The molecule has 4 aromatic rings. The zero-order chi connectivity index (χ0) is 39.2. The molecular formula is C32H28N4O14S3. The standard InChI is InChI=1S/C32H28N4O14S3/c1-17(39)33-19-5-7-23(27(9-19)49-3)35(15-37)25-13-29-21(11-31(25)52(43,44)45)22-12-32(53(46,47)48)26(14-30(22)51(29,41)42)36(16-38)24-8-6-20(34-18(2)40)10-28(24)50-4/h5-16H,1-4H3,(H,33,39)(H,34,40)(H,43,44,45)(H,46,47,48). The van der Waals surface area contributed by atoms with Crippen molar-refractivity contribution in [1.29, 1.82) is 0 Å². The molecule has 0 aromatic heterocycles. The highest BCUT2D eigenvalue weighted by Gasteiger charge is 2.40. The number of ether oxygens (including phenoxy) is 2. The van der Waals surface area contributed by atoms with Crippen LogP contribution in [0.4, 0.5) is 34.1 Å². The number of hydrogen-bond acceptors (Lipinski definition) is 12. The van der Waals surface area contributed by atoms with E-state index in [2.05, 4.69) is 10.6 Å². The van der Waals surface area contributed by atoms with Gasteiger partial charge in [0.2, 0.25) is 34.5 Å². The Morgan fingerprint density at radius 3 is 1.28 bits per heavy atom. The van der Waals surface area contributed by atoms with Gasteiger partial charge in [-0.15, -0.1) is 0 Å². The molecule has 0 atom stereocenters. The monoisotopic (exact) mass is 788 g/mol. The van der Waals surface area contributed by atoms with Crippen LogP contribution in [0.15, 0.2) is 80.2 Å². The van der Waals surface area contributed by atoms with Crippen LogP contribution in [0, 0.1) is 0 Å². The fourth-order valence-electron chi connectivity index (χ4n) is 5.67. The molecule has 0 fully saturated rings. The average molecular weight is 789 g/mol. The van der Waals surface area contributed by atoms with Gasteiger partial charge in [-0.05, 0) is 48.5 Å². The second-order valence-corrected chi connectivity index (χ2v) is 15.8. The highest BCUT2D eigenvalue weighted by Crippen LogP contribution is 2.51. The summed E-state index contributed by atoms with van der Waals surface area (Å²) in [5.74, 6) is -1.07. The number of methoxy groups -OCH3 is 2. The molecule has 5 rings (SSSR count). The number of amides is 4. The molecule has 278 valence electrons. The van der Waals surface area contributed by atoms with Crippen LogP contribution in [0.1, 0.15) is 13.8 Å². The van der Waals surface area contributed by atoms with Gasteiger partial charge in [-0.25, -0.2) is 8.42 Å². The van der Waals surface area contributed by atoms with E-state index in [0.29, 0.717) is 21.9 Å².